The summed E-state index contributed by atoms with van der Waals surface area (Å²) in [5.74, 6) is 0.0109. The number of H-pyrrole nitrogens is 1. The third-order valence-corrected chi connectivity index (χ3v) is 4.86. The van der Waals surface area contributed by atoms with Gasteiger partial charge in [0.25, 0.3) is 0 Å². The smallest absolute Gasteiger partial charge is 0.248 e. The zero-order valence-corrected chi connectivity index (χ0v) is 15.8. The first-order chi connectivity index (χ1) is 12.2. The number of hydrogen-bond acceptors (Lipinski definition) is 6. The minimum atomic E-state index is -0.174. The molecule has 0 bridgehead atoms. The van der Waals surface area contributed by atoms with Crippen molar-refractivity contribution in [3.63, 3.8) is 0 Å². The van der Waals surface area contributed by atoms with Crippen LogP contribution in [0.25, 0.3) is 10.9 Å². The summed E-state index contributed by atoms with van der Waals surface area (Å²) in [6.07, 6.45) is 0. The van der Waals surface area contributed by atoms with Gasteiger partial charge < -0.3 is 10.3 Å². The molecule has 0 aliphatic rings. The van der Waals surface area contributed by atoms with Gasteiger partial charge in [-0.25, -0.2) is 4.68 Å². The summed E-state index contributed by atoms with van der Waals surface area (Å²) in [5.41, 5.74) is 1.99. The summed E-state index contributed by atoms with van der Waals surface area (Å²) < 4.78 is 1.51. The zero-order valence-electron chi connectivity index (χ0n) is 15.0. The number of benzene rings is 1. The molecule has 9 heteroatoms. The van der Waals surface area contributed by atoms with Crippen LogP contribution < -0.4 is 10.9 Å². The minimum Gasteiger partial charge on any atom is -0.325 e. The van der Waals surface area contributed by atoms with E-state index in [1.54, 1.807) is 19.2 Å². The van der Waals surface area contributed by atoms with Gasteiger partial charge in [0, 0.05) is 24.2 Å². The van der Waals surface area contributed by atoms with Gasteiger partial charge in [0.1, 0.15) is 0 Å². The lowest BCUT2D eigenvalue weighted by Gasteiger charge is -2.21. The van der Waals surface area contributed by atoms with E-state index in [1.807, 2.05) is 12.1 Å². The van der Waals surface area contributed by atoms with E-state index in [0.717, 1.165) is 10.9 Å². The highest BCUT2D eigenvalue weighted by molar-refractivity contribution is 7.99. The fourth-order valence-corrected chi connectivity index (χ4v) is 3.28. The Morgan fingerprint density at radius 3 is 2.73 bits per heavy atom. The number of anilines is 1. The van der Waals surface area contributed by atoms with Crippen molar-refractivity contribution in [2.45, 2.75) is 31.3 Å². The first-order valence-corrected chi connectivity index (χ1v) is 9.05. The van der Waals surface area contributed by atoms with Crippen molar-refractivity contribution >= 4 is 34.3 Å². The average molecular weight is 372 g/mol. The van der Waals surface area contributed by atoms with Crippen LogP contribution in [0.2, 0.25) is 0 Å². The Morgan fingerprint density at radius 1 is 1.31 bits per heavy atom. The SMILES string of the molecule is Cn1nnnc1SCC(=O)Nc1ccc2c(C(C)(C)C)cc(=O)[nH]c2c1. The minimum absolute atomic E-state index is 0.155. The van der Waals surface area contributed by atoms with Crippen molar-refractivity contribution in [2.24, 2.45) is 7.05 Å². The molecule has 0 unspecified atom stereocenters. The lowest BCUT2D eigenvalue weighted by Crippen LogP contribution is -2.18. The molecule has 3 rings (SSSR count). The van der Waals surface area contributed by atoms with Crippen LogP contribution in [0.4, 0.5) is 5.69 Å². The molecule has 0 aliphatic heterocycles. The van der Waals surface area contributed by atoms with Crippen molar-refractivity contribution in [3.05, 3.63) is 40.2 Å². The number of aromatic amines is 1. The van der Waals surface area contributed by atoms with Crippen LogP contribution >= 0.6 is 11.8 Å². The fraction of sp³-hybridized carbons (Fsp3) is 0.353. The molecule has 3 aromatic rings. The molecule has 0 radical (unpaired) electrons. The van der Waals surface area contributed by atoms with E-state index >= 15 is 0 Å². The number of hydrogen-bond donors (Lipinski definition) is 2. The van der Waals surface area contributed by atoms with Gasteiger partial charge in [0.15, 0.2) is 0 Å². The van der Waals surface area contributed by atoms with E-state index in [1.165, 1.54) is 16.4 Å². The van der Waals surface area contributed by atoms with Crippen LogP contribution in [0.3, 0.4) is 0 Å². The largest absolute Gasteiger partial charge is 0.325 e. The fourth-order valence-electron chi connectivity index (χ4n) is 2.63. The first kappa shape index (κ1) is 18.1. The molecule has 136 valence electrons. The van der Waals surface area contributed by atoms with Gasteiger partial charge in [-0.15, -0.1) is 5.10 Å². The van der Waals surface area contributed by atoms with Crippen LogP contribution in [0.5, 0.6) is 0 Å². The van der Waals surface area contributed by atoms with Crippen molar-refractivity contribution in [1.29, 1.82) is 0 Å². The Balaban J connectivity index is 1.80. The number of aryl methyl sites for hydroxylation is 1. The molecule has 1 aromatic carbocycles. The van der Waals surface area contributed by atoms with Crippen molar-refractivity contribution < 1.29 is 4.79 Å². The third-order valence-electron chi connectivity index (χ3n) is 3.85. The molecule has 0 spiro atoms. The molecule has 0 fully saturated rings. The summed E-state index contributed by atoms with van der Waals surface area (Å²) in [5, 5.41) is 15.4. The monoisotopic (exact) mass is 372 g/mol. The quantitative estimate of drug-likeness (QED) is 0.679. The number of rotatable bonds is 4. The Kier molecular flexibility index (Phi) is 4.82. The predicted molar refractivity (Wildman–Crippen MR) is 101 cm³/mol. The Hall–Kier alpha value is -2.68. The lowest BCUT2D eigenvalue weighted by molar-refractivity contribution is -0.113. The van der Waals surface area contributed by atoms with Crippen LogP contribution in [-0.2, 0) is 17.3 Å². The number of aromatic nitrogens is 5. The molecule has 2 N–H and O–H groups in total. The molecule has 26 heavy (non-hydrogen) atoms. The Morgan fingerprint density at radius 2 is 2.08 bits per heavy atom. The van der Waals surface area contributed by atoms with E-state index in [9.17, 15) is 9.59 Å². The number of thioether (sulfide) groups is 1. The van der Waals surface area contributed by atoms with Gasteiger partial charge in [-0.1, -0.05) is 38.6 Å². The van der Waals surface area contributed by atoms with Crippen molar-refractivity contribution in [3.8, 4) is 0 Å². The summed E-state index contributed by atoms with van der Waals surface area (Å²) in [4.78, 5) is 27.0. The number of carbonyl (C=O) groups is 1. The highest BCUT2D eigenvalue weighted by atomic mass is 32.2. The van der Waals surface area contributed by atoms with Gasteiger partial charge in [-0.05, 0) is 33.5 Å². The maximum absolute atomic E-state index is 12.2. The molecular weight excluding hydrogens is 352 g/mol. The maximum atomic E-state index is 12.2. The van der Waals surface area contributed by atoms with E-state index in [2.05, 4.69) is 46.6 Å². The number of carbonyl (C=O) groups excluding carboxylic acids is 1. The normalized spacial score (nSPS) is 11.7. The zero-order chi connectivity index (χ0) is 18.9. The average Bonchev–Trinajstić information content (AvgIpc) is 2.96. The molecular formula is C17H20N6O2S. The standard InChI is InChI=1S/C17H20N6O2S/c1-17(2,3)12-8-14(24)19-13-7-10(5-6-11(12)13)18-15(25)9-26-16-20-21-22-23(16)4/h5-8H,9H2,1-4H3,(H,18,25)(H,19,24). The molecule has 0 atom stereocenters. The molecule has 0 aliphatic carbocycles. The van der Waals surface area contributed by atoms with E-state index in [0.29, 0.717) is 16.4 Å². The molecule has 2 heterocycles. The number of nitrogens with one attached hydrogen (secondary N) is 2. The second kappa shape index (κ2) is 6.91. The Bertz CT molecular complexity index is 1020. The van der Waals surface area contributed by atoms with E-state index in [4.69, 9.17) is 0 Å². The summed E-state index contributed by atoms with van der Waals surface area (Å²) in [7, 11) is 1.72. The van der Waals surface area contributed by atoms with Crippen molar-refractivity contribution in [1.82, 2.24) is 25.2 Å². The molecule has 0 saturated heterocycles. The number of fused-ring (bicyclic) bond motifs is 1. The van der Waals surface area contributed by atoms with Crippen LogP contribution in [-0.4, -0.2) is 36.9 Å². The Labute approximate surface area is 154 Å². The maximum Gasteiger partial charge on any atom is 0.248 e. The lowest BCUT2D eigenvalue weighted by atomic mass is 9.85. The van der Waals surface area contributed by atoms with Gasteiger partial charge in [0.05, 0.1) is 11.3 Å². The second-order valence-corrected chi connectivity index (χ2v) is 7.92. The number of tetrazole rings is 1. The predicted octanol–water partition coefficient (Wildman–Crippen LogP) is 2.08. The van der Waals surface area contributed by atoms with Gasteiger partial charge >= 0.3 is 0 Å². The number of pyridine rings is 1. The molecule has 1 amide bonds. The van der Waals surface area contributed by atoms with E-state index in [-0.39, 0.29) is 22.6 Å². The molecule has 8 nitrogen and oxygen atoms in total. The highest BCUT2D eigenvalue weighted by Gasteiger charge is 2.18. The van der Waals surface area contributed by atoms with Crippen LogP contribution in [0.1, 0.15) is 26.3 Å². The number of nitrogens with zero attached hydrogens (tertiary/aromatic N) is 4. The van der Waals surface area contributed by atoms with Crippen LogP contribution in [0.15, 0.2) is 34.2 Å². The third kappa shape index (κ3) is 3.93. The summed E-state index contributed by atoms with van der Waals surface area (Å²) >= 11 is 1.25. The van der Waals surface area contributed by atoms with Gasteiger partial charge in [0.2, 0.25) is 16.6 Å². The summed E-state index contributed by atoms with van der Waals surface area (Å²) in [6.45, 7) is 6.19. The topological polar surface area (TPSA) is 106 Å². The van der Waals surface area contributed by atoms with Gasteiger partial charge in [-0.2, -0.15) is 0 Å². The molecule has 0 saturated carbocycles. The van der Waals surface area contributed by atoms with Gasteiger partial charge in [-0.3, -0.25) is 9.59 Å². The molecule has 2 aromatic heterocycles. The highest BCUT2D eigenvalue weighted by Crippen LogP contribution is 2.29. The first-order valence-electron chi connectivity index (χ1n) is 8.06. The second-order valence-electron chi connectivity index (χ2n) is 6.98. The number of amides is 1. The van der Waals surface area contributed by atoms with E-state index < -0.39 is 0 Å². The van der Waals surface area contributed by atoms with Crippen LogP contribution in [0, 0.1) is 0 Å². The summed E-state index contributed by atoms with van der Waals surface area (Å²) in [6, 6.07) is 7.16. The van der Waals surface area contributed by atoms with Crippen molar-refractivity contribution in [2.75, 3.05) is 11.1 Å².